The number of ether oxygens (including phenoxy) is 2. The van der Waals surface area contributed by atoms with Gasteiger partial charge in [0.05, 0.1) is 62.0 Å². The molecule has 422 valence electrons. The van der Waals surface area contributed by atoms with Crippen LogP contribution in [0, 0.1) is 12.8 Å². The van der Waals surface area contributed by atoms with Gasteiger partial charge in [-0.2, -0.15) is 0 Å². The number of hydrogen-bond acceptors (Lipinski definition) is 23. The van der Waals surface area contributed by atoms with Crippen LogP contribution in [0.1, 0.15) is 117 Å². The Balaban J connectivity index is 1.12. The van der Waals surface area contributed by atoms with Crippen molar-refractivity contribution in [2.24, 2.45) is 5.92 Å². The second-order valence-corrected chi connectivity index (χ2v) is 24.1. The Morgan fingerprint density at radius 1 is 0.716 bits per heavy atom. The number of rotatable bonds is 14. The summed E-state index contributed by atoms with van der Waals surface area (Å²) < 4.78 is 10.7. The number of fused-ring (bicyclic) bond motifs is 14. The minimum absolute atomic E-state index is 0.00144. The number of nitrogens with zero attached hydrogens (tertiary/aromatic N) is 7. The van der Waals surface area contributed by atoms with Crippen LogP contribution in [0.25, 0.3) is 43.4 Å². The first kappa shape index (κ1) is 58.5. The van der Waals surface area contributed by atoms with Crippen LogP contribution >= 0.6 is 68.0 Å². The molecule has 0 saturated carbocycles. The average Bonchev–Trinajstić information content (AvgIpc) is 4.43. The van der Waals surface area contributed by atoms with E-state index in [9.17, 15) is 33.9 Å². The fourth-order valence-corrected chi connectivity index (χ4v) is 13.7. The highest BCUT2D eigenvalue weighted by Crippen LogP contribution is 2.40. The zero-order chi connectivity index (χ0) is 57.3. The van der Waals surface area contributed by atoms with Gasteiger partial charge in [0.2, 0.25) is 11.8 Å². The maximum atomic E-state index is 14.3. The molecule has 1 aliphatic rings. The number of amides is 6. The smallest absolute Gasteiger partial charge is 0.271 e. The molecule has 23 nitrogen and oxygen atoms in total. The van der Waals surface area contributed by atoms with Crippen LogP contribution in [-0.2, 0) is 25.7 Å². The highest BCUT2D eigenvalue weighted by atomic mass is 32.1. The van der Waals surface area contributed by atoms with Gasteiger partial charge < -0.3 is 51.6 Å². The molecule has 1 aromatic carbocycles. The number of aryl methyl sites for hydroxylation is 1. The Morgan fingerprint density at radius 2 is 1.44 bits per heavy atom. The number of methoxy groups -OCH3 is 1. The van der Waals surface area contributed by atoms with E-state index in [1.165, 1.54) is 70.8 Å². The molecule has 29 heteroatoms. The third-order valence-electron chi connectivity index (χ3n) is 12.2. The van der Waals surface area contributed by atoms with Crippen molar-refractivity contribution in [2.75, 3.05) is 47.1 Å². The summed E-state index contributed by atoms with van der Waals surface area (Å²) in [6.45, 7) is 5.38. The minimum Gasteiger partial charge on any atom is -0.394 e. The molecular formula is C52H53N13O10S6. The Bertz CT molecular complexity index is 3570. The topological polar surface area (TPSA) is 324 Å². The maximum absolute atomic E-state index is 14.3. The number of nitrogens with one attached hydrogen (secondary N) is 6. The lowest BCUT2D eigenvalue weighted by Gasteiger charge is -2.23. The van der Waals surface area contributed by atoms with Gasteiger partial charge in [-0.25, -0.2) is 34.9 Å². The highest BCUT2D eigenvalue weighted by Gasteiger charge is 2.33. The van der Waals surface area contributed by atoms with E-state index in [2.05, 4.69) is 46.9 Å². The zero-order valence-corrected chi connectivity index (χ0v) is 48.8. The predicted molar refractivity (Wildman–Crippen MR) is 307 cm³/mol. The van der Waals surface area contributed by atoms with Gasteiger partial charge in [0.1, 0.15) is 82.0 Å². The van der Waals surface area contributed by atoms with E-state index in [-0.39, 0.29) is 68.1 Å². The monoisotopic (exact) mass is 1210 g/mol. The third kappa shape index (κ3) is 13.8. The van der Waals surface area contributed by atoms with Gasteiger partial charge in [0.25, 0.3) is 23.6 Å². The predicted octanol–water partition coefficient (Wildman–Crippen LogP) is 6.05. The van der Waals surface area contributed by atoms with Crippen molar-refractivity contribution in [1.29, 1.82) is 0 Å². The quantitative estimate of drug-likeness (QED) is 0.0574. The van der Waals surface area contributed by atoms with Crippen molar-refractivity contribution in [3.8, 4) is 43.4 Å². The molecule has 0 saturated heterocycles. The summed E-state index contributed by atoms with van der Waals surface area (Å²) in [4.78, 5) is 117. The van der Waals surface area contributed by atoms with E-state index in [0.717, 1.165) is 11.3 Å². The van der Waals surface area contributed by atoms with E-state index < -0.39 is 66.2 Å². The lowest BCUT2D eigenvalue weighted by molar-refractivity contribution is -0.122. The van der Waals surface area contributed by atoms with Crippen LogP contribution in [0.15, 0.2) is 64.0 Å². The Labute approximate surface area is 487 Å². The summed E-state index contributed by atoms with van der Waals surface area (Å²) >= 11 is 7.14. The molecule has 0 radical (unpaired) electrons. The summed E-state index contributed by atoms with van der Waals surface area (Å²) in [6, 6.07) is 9.47. The summed E-state index contributed by atoms with van der Waals surface area (Å²) in [6.07, 6.45) is -1.49. The molecule has 7 aromatic heterocycles. The number of thiazole rings is 6. The van der Waals surface area contributed by atoms with Gasteiger partial charge >= 0.3 is 0 Å². The van der Waals surface area contributed by atoms with Crippen molar-refractivity contribution in [1.82, 2.24) is 66.8 Å². The zero-order valence-electron chi connectivity index (χ0n) is 43.9. The molecule has 10 bridgehead atoms. The number of carbonyl (C=O) groups is 6. The van der Waals surface area contributed by atoms with E-state index in [1.807, 2.05) is 13.8 Å². The van der Waals surface area contributed by atoms with Crippen LogP contribution in [0.2, 0.25) is 0 Å². The molecule has 4 atom stereocenters. The van der Waals surface area contributed by atoms with Crippen LogP contribution in [0.4, 0.5) is 0 Å². The molecule has 0 aliphatic carbocycles. The first-order valence-corrected chi connectivity index (χ1v) is 30.2. The lowest BCUT2D eigenvalue weighted by atomic mass is 10.0. The number of benzene rings is 1. The third-order valence-corrected chi connectivity index (χ3v) is 18.0. The normalized spacial score (nSPS) is 16.5. The summed E-state index contributed by atoms with van der Waals surface area (Å²) in [5, 5.41) is 46.8. The molecule has 1 aliphatic heterocycles. The fourth-order valence-electron chi connectivity index (χ4n) is 8.18. The lowest BCUT2D eigenvalue weighted by Crippen LogP contribution is -2.40. The van der Waals surface area contributed by atoms with Crippen molar-refractivity contribution in [3.63, 3.8) is 0 Å². The molecule has 0 fully saturated rings. The minimum atomic E-state index is -1.27. The maximum Gasteiger partial charge on any atom is 0.271 e. The average molecular weight is 1210 g/mol. The van der Waals surface area contributed by atoms with Gasteiger partial charge in [-0.05, 0) is 30.5 Å². The van der Waals surface area contributed by atoms with Gasteiger partial charge in [-0.3, -0.25) is 28.8 Å². The van der Waals surface area contributed by atoms with Crippen LogP contribution < -0.4 is 31.9 Å². The number of aromatic nitrogens is 7. The standard InChI is InChI=1S/C52H53N13O10S6/c1-24(2)37-52-65-40(34(81-52)19-74-5)45(72)55-18-36(68)62-41(42(69)26-9-7-6-8-10-26)51-61-33(23-79-51)49-58-30(20-77-49)39-27(11-12-28(56-39)48-60-31(21-78-48)43(70)54-13-15-75-16-14-66)47-59-32(22-76-47)44(71)57-29(17-35(67)53-4)50-64-38(25(3)80-50)46(73)63-37/h6-12,20-24,29,37,41-42,66,69H,13-19H2,1-5H3,(H,53,67)(H,54,70)(H,55,72)(H,57,71)(H,62,68)(H,63,73)/t29-,37-,41?,42?/m0/s1. The van der Waals surface area contributed by atoms with Gasteiger partial charge in [-0.15, -0.1) is 68.0 Å². The number of aliphatic hydroxyl groups is 2. The summed E-state index contributed by atoms with van der Waals surface area (Å²) in [5.41, 5.74) is 2.84. The Hall–Kier alpha value is -7.19. The molecule has 8 N–H and O–H groups in total. The first-order valence-electron chi connectivity index (χ1n) is 25.0. The van der Waals surface area contributed by atoms with Crippen molar-refractivity contribution in [2.45, 2.75) is 58.0 Å². The second kappa shape index (κ2) is 26.6. The summed E-state index contributed by atoms with van der Waals surface area (Å²) in [7, 11) is 2.94. The highest BCUT2D eigenvalue weighted by molar-refractivity contribution is 7.15. The number of pyridine rings is 1. The van der Waals surface area contributed by atoms with Crippen LogP contribution in [0.3, 0.4) is 0 Å². The van der Waals surface area contributed by atoms with E-state index >= 15 is 0 Å². The van der Waals surface area contributed by atoms with Crippen molar-refractivity contribution in [3.05, 3.63) is 117 Å². The molecule has 8 aromatic rings. The fraction of sp³-hybridized carbons (Fsp3) is 0.327. The molecule has 0 spiro atoms. The molecule has 81 heavy (non-hydrogen) atoms. The molecule has 2 unspecified atom stereocenters. The molecule has 6 amide bonds. The van der Waals surface area contributed by atoms with E-state index in [0.29, 0.717) is 73.7 Å². The summed E-state index contributed by atoms with van der Waals surface area (Å²) in [5.74, 6) is -3.55. The van der Waals surface area contributed by atoms with Crippen molar-refractivity contribution < 1.29 is 48.5 Å². The van der Waals surface area contributed by atoms with Gasteiger partial charge in [0, 0.05) is 52.7 Å². The van der Waals surface area contributed by atoms with Crippen LogP contribution in [0.5, 0.6) is 0 Å². The SMILES string of the molecule is CNC(=O)C[C@@H]1NC(=O)c2csc(n2)-c2ccc(-c3nc(C(=O)NCCOCCO)cs3)nc2-c2csc(n2)-c2csc(n2)C(C(O)c2ccccc2)NC(=O)CNC(=O)c2nc(sc2COC)[C@H](C(C)C)NC(=O)c2nc1sc2C. The van der Waals surface area contributed by atoms with Crippen LogP contribution in [-0.4, -0.2) is 128 Å². The van der Waals surface area contributed by atoms with Gasteiger partial charge in [0.15, 0.2) is 0 Å². The number of aliphatic hydroxyl groups excluding tert-OH is 2. The first-order chi connectivity index (χ1) is 39.1. The largest absolute Gasteiger partial charge is 0.394 e. The number of carbonyl (C=O) groups excluding carboxylic acids is 6. The Morgan fingerprint density at radius 3 is 2.21 bits per heavy atom. The Kier molecular flexibility index (Phi) is 19.2. The molecule has 9 rings (SSSR count). The number of hydrogen-bond donors (Lipinski definition) is 8. The molecule has 8 heterocycles. The second-order valence-electron chi connectivity index (χ2n) is 18.3. The van der Waals surface area contributed by atoms with Crippen molar-refractivity contribution >= 4 is 103 Å². The molecular weight excluding hydrogens is 1160 g/mol. The van der Waals surface area contributed by atoms with Gasteiger partial charge in [-0.1, -0.05) is 44.2 Å². The van der Waals surface area contributed by atoms with E-state index in [4.69, 9.17) is 34.5 Å². The van der Waals surface area contributed by atoms with E-state index in [1.54, 1.807) is 70.9 Å².